The van der Waals surface area contributed by atoms with Crippen LogP contribution in [0.25, 0.3) is 10.4 Å². The van der Waals surface area contributed by atoms with Crippen LogP contribution in [0.5, 0.6) is 5.75 Å². The molecule has 1 aromatic heterocycles. The predicted molar refractivity (Wildman–Crippen MR) is 270 cm³/mol. The van der Waals surface area contributed by atoms with Gasteiger partial charge in [0.05, 0.1) is 39.0 Å². The number of hydrogen-bond donors (Lipinski definition) is 2. The van der Waals surface area contributed by atoms with Crippen LogP contribution in [0.2, 0.25) is 0 Å². The molecular formula is C52H61F3N8O6S2. The molecule has 0 spiro atoms. The Bertz CT molecular complexity index is 2620. The van der Waals surface area contributed by atoms with Gasteiger partial charge in [0.1, 0.15) is 36.6 Å². The maximum absolute atomic E-state index is 14.0. The number of aryl methyl sites for hydroxylation is 1. The molecule has 4 aromatic rings. The molecule has 0 saturated carbocycles. The van der Waals surface area contributed by atoms with Crippen LogP contribution >= 0.6 is 23.6 Å². The fourth-order valence-corrected chi connectivity index (χ4v) is 10.7. The first-order valence-electron chi connectivity index (χ1n) is 23.9. The lowest BCUT2D eigenvalue weighted by Gasteiger charge is -2.35. The standard InChI is InChI=1S/C52H61F3N8O6S2/c1-33-44(71-32-58-33)36-11-9-35(10-12-36)30-57-46(65)42-8-7-22-61(42)47(66)45(50(2,3)4)59-43(64)31-68-26-21-34-19-23-60(24-20-34)25-27-69-40-17-15-38(16-18-40)63-49(70)62(48(67)51(63,5)6)39-14-13-37(29-56)41(28-39)52(53,54)55/h9-18,28,32,34,42,45H,7-8,19-27,30-31H2,1-6H3,(H,57,65)(H,59,64)/t42-,45?/m0/s1. The quantitative estimate of drug-likeness (QED) is 0.0775. The summed E-state index contributed by atoms with van der Waals surface area (Å²) < 4.78 is 53.1. The minimum atomic E-state index is -4.79. The van der Waals surface area contributed by atoms with Crippen LogP contribution in [-0.4, -0.2) is 107 Å². The minimum Gasteiger partial charge on any atom is -0.492 e. The number of carbonyl (C=O) groups is 4. The maximum atomic E-state index is 14.0. The molecule has 3 fully saturated rings. The molecule has 0 aliphatic carbocycles. The molecule has 4 heterocycles. The number of likely N-dealkylation sites (tertiary alicyclic amines) is 2. The van der Waals surface area contributed by atoms with E-state index in [2.05, 4.69) is 20.5 Å². The number of carbonyl (C=O) groups excluding carboxylic acids is 4. The zero-order valence-corrected chi connectivity index (χ0v) is 42.6. The van der Waals surface area contributed by atoms with E-state index in [0.29, 0.717) is 63.0 Å². The van der Waals surface area contributed by atoms with Gasteiger partial charge in [-0.25, -0.2) is 4.98 Å². The van der Waals surface area contributed by atoms with Gasteiger partial charge in [-0.05, 0) is 143 Å². The number of ether oxygens (including phenoxy) is 2. The van der Waals surface area contributed by atoms with Crippen molar-refractivity contribution < 1.29 is 41.8 Å². The number of nitrogens with one attached hydrogen (secondary N) is 2. The molecule has 0 radical (unpaired) electrons. The first kappa shape index (κ1) is 52.9. The summed E-state index contributed by atoms with van der Waals surface area (Å²) in [5, 5.41) is 15.2. The molecule has 0 bridgehead atoms. The Kier molecular flexibility index (Phi) is 16.6. The molecule has 4 amide bonds. The number of thiocarbonyl (C=S) groups is 1. The van der Waals surface area contributed by atoms with E-state index in [1.54, 1.807) is 65.3 Å². The number of thiazole rings is 1. The van der Waals surface area contributed by atoms with Crippen molar-refractivity contribution in [1.29, 1.82) is 5.26 Å². The zero-order valence-electron chi connectivity index (χ0n) is 40.9. The smallest absolute Gasteiger partial charge is 0.417 e. The summed E-state index contributed by atoms with van der Waals surface area (Å²) in [6, 6.07) is 18.2. The second kappa shape index (κ2) is 22.2. The molecule has 1 unspecified atom stereocenters. The molecule has 3 aliphatic rings. The summed E-state index contributed by atoms with van der Waals surface area (Å²) in [7, 11) is 0. The lowest BCUT2D eigenvalue weighted by Crippen LogP contribution is -2.58. The number of piperidine rings is 1. The second-order valence-electron chi connectivity index (χ2n) is 19.9. The first-order chi connectivity index (χ1) is 33.7. The van der Waals surface area contributed by atoms with Crippen LogP contribution in [0.15, 0.2) is 72.2 Å². The van der Waals surface area contributed by atoms with Crippen molar-refractivity contribution in [2.45, 2.75) is 104 Å². The summed E-state index contributed by atoms with van der Waals surface area (Å²) in [5.74, 6) is -0.334. The first-order valence-corrected chi connectivity index (χ1v) is 25.2. The van der Waals surface area contributed by atoms with Gasteiger partial charge in [0, 0.05) is 31.9 Å². The number of anilines is 2. The van der Waals surface area contributed by atoms with E-state index in [0.717, 1.165) is 71.1 Å². The van der Waals surface area contributed by atoms with Crippen molar-refractivity contribution >= 4 is 63.7 Å². The monoisotopic (exact) mass is 1010 g/mol. The molecule has 378 valence electrons. The Hall–Kier alpha value is -5.94. The van der Waals surface area contributed by atoms with Gasteiger partial charge < -0.3 is 29.9 Å². The highest BCUT2D eigenvalue weighted by Crippen LogP contribution is 2.40. The summed E-state index contributed by atoms with van der Waals surface area (Å²) in [6.07, 6.45) is -0.815. The van der Waals surface area contributed by atoms with Crippen LogP contribution in [0, 0.1) is 29.6 Å². The number of nitriles is 1. The average molecular weight is 1020 g/mol. The second-order valence-corrected chi connectivity index (χ2v) is 21.1. The van der Waals surface area contributed by atoms with Crippen molar-refractivity contribution in [3.05, 3.63) is 94.6 Å². The Morgan fingerprint density at radius 3 is 2.30 bits per heavy atom. The summed E-state index contributed by atoms with van der Waals surface area (Å²) in [6.45, 7) is 14.9. The summed E-state index contributed by atoms with van der Waals surface area (Å²) >= 11 is 7.25. The Balaban J connectivity index is 0.803. The summed E-state index contributed by atoms with van der Waals surface area (Å²) in [4.78, 5) is 66.3. The Labute approximate surface area is 422 Å². The number of nitrogens with zero attached hydrogens (tertiary/aromatic N) is 6. The molecule has 2 atom stereocenters. The average Bonchev–Trinajstić information content (AvgIpc) is 4.05. The topological polar surface area (TPSA) is 160 Å². The van der Waals surface area contributed by atoms with E-state index in [4.69, 9.17) is 21.7 Å². The molecule has 71 heavy (non-hydrogen) atoms. The van der Waals surface area contributed by atoms with Gasteiger partial charge in [0.15, 0.2) is 5.11 Å². The Morgan fingerprint density at radius 2 is 1.66 bits per heavy atom. The SMILES string of the molecule is Cc1ncsc1-c1ccc(CNC(=O)[C@@H]2CCCN2C(=O)C(NC(=O)COCCC2CCN(CCOc3ccc(N4C(=S)N(c5ccc(C#N)c(C(F)(F)F)c5)C(=O)C4(C)C)cc3)CC2)C(C)(C)C)cc1. The van der Waals surface area contributed by atoms with Crippen LogP contribution < -0.4 is 25.2 Å². The lowest BCUT2D eigenvalue weighted by atomic mass is 9.85. The van der Waals surface area contributed by atoms with Gasteiger partial charge >= 0.3 is 6.18 Å². The van der Waals surface area contributed by atoms with E-state index >= 15 is 0 Å². The van der Waals surface area contributed by atoms with Crippen molar-refractivity contribution in [2.24, 2.45) is 11.3 Å². The van der Waals surface area contributed by atoms with Crippen molar-refractivity contribution in [3.63, 3.8) is 0 Å². The third-order valence-corrected chi connectivity index (χ3v) is 14.8. The minimum absolute atomic E-state index is 0.0122. The molecule has 19 heteroatoms. The molecule has 7 rings (SSSR count). The number of benzene rings is 3. The van der Waals surface area contributed by atoms with Crippen LogP contribution in [0.3, 0.4) is 0 Å². The van der Waals surface area contributed by atoms with Crippen molar-refractivity contribution in [1.82, 2.24) is 25.4 Å². The van der Waals surface area contributed by atoms with Crippen molar-refractivity contribution in [2.75, 3.05) is 55.8 Å². The molecule has 2 N–H and O–H groups in total. The zero-order chi connectivity index (χ0) is 51.3. The number of rotatable bonds is 17. The lowest BCUT2D eigenvalue weighted by molar-refractivity contribution is -0.144. The number of hydrogen-bond acceptors (Lipinski definition) is 11. The van der Waals surface area contributed by atoms with Gasteiger partial charge in [-0.1, -0.05) is 45.0 Å². The molecule has 14 nitrogen and oxygen atoms in total. The van der Waals surface area contributed by atoms with Crippen LogP contribution in [0.4, 0.5) is 24.5 Å². The summed E-state index contributed by atoms with van der Waals surface area (Å²) in [5.41, 5.74) is 1.80. The van der Waals surface area contributed by atoms with E-state index in [1.165, 1.54) is 6.07 Å². The maximum Gasteiger partial charge on any atom is 0.417 e. The van der Waals surface area contributed by atoms with Gasteiger partial charge in [-0.15, -0.1) is 11.3 Å². The highest BCUT2D eigenvalue weighted by atomic mass is 32.1. The Morgan fingerprint density at radius 1 is 0.972 bits per heavy atom. The van der Waals surface area contributed by atoms with E-state index in [1.807, 2.05) is 57.5 Å². The highest BCUT2D eigenvalue weighted by Gasteiger charge is 2.51. The van der Waals surface area contributed by atoms with Gasteiger partial charge in [-0.3, -0.25) is 29.0 Å². The molecular weight excluding hydrogens is 954 g/mol. The number of amides is 4. The molecule has 3 saturated heterocycles. The van der Waals surface area contributed by atoms with E-state index < -0.39 is 46.2 Å². The van der Waals surface area contributed by atoms with E-state index in [-0.39, 0.29) is 35.1 Å². The normalized spacial score (nSPS) is 18.1. The third kappa shape index (κ3) is 12.4. The predicted octanol–water partition coefficient (Wildman–Crippen LogP) is 8.26. The van der Waals surface area contributed by atoms with Gasteiger partial charge in [0.2, 0.25) is 17.7 Å². The van der Waals surface area contributed by atoms with Crippen molar-refractivity contribution in [3.8, 4) is 22.3 Å². The van der Waals surface area contributed by atoms with Gasteiger partial charge in [0.25, 0.3) is 5.91 Å². The number of aromatic nitrogens is 1. The highest BCUT2D eigenvalue weighted by molar-refractivity contribution is 7.81. The number of alkyl halides is 3. The number of halogens is 3. The van der Waals surface area contributed by atoms with Crippen LogP contribution in [-0.2, 0) is 36.6 Å². The van der Waals surface area contributed by atoms with E-state index in [9.17, 15) is 37.6 Å². The molecule has 3 aliphatic heterocycles. The third-order valence-electron chi connectivity index (χ3n) is 13.4. The molecule has 3 aromatic carbocycles. The fraction of sp³-hybridized carbons (Fsp3) is 0.481. The fourth-order valence-electron chi connectivity index (χ4n) is 9.34. The van der Waals surface area contributed by atoms with Crippen LogP contribution in [0.1, 0.15) is 89.1 Å². The van der Waals surface area contributed by atoms with Gasteiger partial charge in [-0.2, -0.15) is 18.4 Å². The largest absolute Gasteiger partial charge is 0.492 e.